The summed E-state index contributed by atoms with van der Waals surface area (Å²) < 4.78 is 1.23. The highest BCUT2D eigenvalue weighted by Gasteiger charge is 2.19. The molecule has 3 aromatic rings. The lowest BCUT2D eigenvalue weighted by Gasteiger charge is -2.06. The minimum absolute atomic E-state index is 0.117. The van der Waals surface area contributed by atoms with E-state index in [-0.39, 0.29) is 10.8 Å². The molecule has 130 valence electrons. The van der Waals surface area contributed by atoms with Crippen LogP contribution in [0.1, 0.15) is 22.9 Å². The van der Waals surface area contributed by atoms with Crippen LogP contribution in [0.5, 0.6) is 5.88 Å². The standard InChI is InChI=1S/C20H15ClN2O2S/c1-2-12-6-5-7-14-13(11-22-18(12)14)10-17-19(24)23(20(25)26-17)16-9-4-3-8-15(16)21/h3-11,24H,2H2,1H3. The highest BCUT2D eigenvalue weighted by atomic mass is 35.5. The van der Waals surface area contributed by atoms with Crippen molar-refractivity contribution < 1.29 is 5.11 Å². The normalized spacial score (nSPS) is 14.2. The molecule has 0 amide bonds. The molecule has 0 bridgehead atoms. The first-order valence-corrected chi connectivity index (χ1v) is 9.37. The molecule has 2 aromatic carbocycles. The maximum atomic E-state index is 12.4. The summed E-state index contributed by atoms with van der Waals surface area (Å²) in [5.74, 6) is -0.117. The van der Waals surface area contributed by atoms with Crippen molar-refractivity contribution in [3.05, 3.63) is 73.2 Å². The van der Waals surface area contributed by atoms with E-state index in [1.54, 1.807) is 36.6 Å². The molecule has 0 radical (unpaired) electrons. The quantitative estimate of drug-likeness (QED) is 0.687. The average molecular weight is 383 g/mol. The third kappa shape index (κ3) is 2.69. The third-order valence-electron chi connectivity index (χ3n) is 4.34. The van der Waals surface area contributed by atoms with Gasteiger partial charge in [-0.2, -0.15) is 0 Å². The summed E-state index contributed by atoms with van der Waals surface area (Å²) in [7, 11) is 0. The summed E-state index contributed by atoms with van der Waals surface area (Å²) in [5, 5.41) is 11.0. The minimum atomic E-state index is -0.292. The van der Waals surface area contributed by atoms with Crippen molar-refractivity contribution in [2.45, 2.75) is 13.3 Å². The predicted octanol–water partition coefficient (Wildman–Crippen LogP) is 5.08. The second-order valence-electron chi connectivity index (χ2n) is 5.87. The molecular formula is C20H15ClN2O2S. The summed E-state index contributed by atoms with van der Waals surface area (Å²) in [5.41, 5.74) is 4.48. The van der Waals surface area contributed by atoms with Gasteiger partial charge in [0.25, 0.3) is 0 Å². The molecule has 0 unspecified atom stereocenters. The molecule has 1 N–H and O–H groups in total. The smallest absolute Gasteiger partial charge is 0.315 e. The van der Waals surface area contributed by atoms with E-state index in [0.29, 0.717) is 15.6 Å². The van der Waals surface area contributed by atoms with Crippen LogP contribution >= 0.6 is 22.9 Å². The van der Waals surface area contributed by atoms with Crippen LogP contribution in [-0.2, 0) is 6.42 Å². The molecule has 2 heterocycles. The van der Waals surface area contributed by atoms with Crippen molar-refractivity contribution in [3.63, 3.8) is 0 Å². The first-order chi connectivity index (χ1) is 12.6. The van der Waals surface area contributed by atoms with Gasteiger partial charge in [-0.3, -0.25) is 9.79 Å². The van der Waals surface area contributed by atoms with Crippen molar-refractivity contribution in [1.29, 1.82) is 0 Å². The maximum absolute atomic E-state index is 12.4. The molecular weight excluding hydrogens is 368 g/mol. The Bertz CT molecular complexity index is 1130. The van der Waals surface area contributed by atoms with E-state index in [1.807, 2.05) is 12.1 Å². The zero-order chi connectivity index (χ0) is 18.3. The molecule has 1 aromatic heterocycles. The first-order valence-electron chi connectivity index (χ1n) is 8.18. The van der Waals surface area contributed by atoms with Gasteiger partial charge >= 0.3 is 4.87 Å². The summed E-state index contributed by atoms with van der Waals surface area (Å²) in [6.45, 7) is 2.09. The lowest BCUT2D eigenvalue weighted by molar-refractivity contribution is 0.440. The number of aromatic hydroxyl groups is 1. The van der Waals surface area contributed by atoms with Crippen LogP contribution < -0.4 is 4.87 Å². The number of benzene rings is 2. The molecule has 6 heteroatoms. The molecule has 1 aliphatic heterocycles. The Morgan fingerprint density at radius 1 is 1.23 bits per heavy atom. The van der Waals surface area contributed by atoms with Crippen LogP contribution in [0.2, 0.25) is 5.02 Å². The van der Waals surface area contributed by atoms with Crippen molar-refractivity contribution in [2.75, 3.05) is 0 Å². The number of nitrogens with zero attached hydrogens (tertiary/aromatic N) is 2. The van der Waals surface area contributed by atoms with Gasteiger partial charge in [0.05, 0.1) is 21.3 Å². The molecule has 1 aliphatic rings. The zero-order valence-electron chi connectivity index (χ0n) is 13.9. The van der Waals surface area contributed by atoms with E-state index in [4.69, 9.17) is 11.6 Å². The monoisotopic (exact) mass is 382 g/mol. The van der Waals surface area contributed by atoms with E-state index in [1.165, 1.54) is 10.1 Å². The number of halogens is 1. The number of allylic oxidation sites excluding steroid dienone is 1. The number of thiazole rings is 1. The fraction of sp³-hybridized carbons (Fsp3) is 0.100. The van der Waals surface area contributed by atoms with Gasteiger partial charge in [-0.05, 0) is 30.2 Å². The van der Waals surface area contributed by atoms with Gasteiger partial charge in [0, 0.05) is 17.4 Å². The summed E-state index contributed by atoms with van der Waals surface area (Å²) in [6, 6.07) is 13.0. The Morgan fingerprint density at radius 2 is 2.04 bits per heavy atom. The van der Waals surface area contributed by atoms with Crippen LogP contribution in [0.3, 0.4) is 0 Å². The molecule has 0 atom stereocenters. The Kier molecular flexibility index (Phi) is 4.26. The third-order valence-corrected chi connectivity index (χ3v) is 5.53. The van der Waals surface area contributed by atoms with E-state index >= 15 is 0 Å². The number of para-hydroxylation sites is 2. The Hall–Kier alpha value is -2.63. The van der Waals surface area contributed by atoms with Gasteiger partial charge in [-0.1, -0.05) is 60.2 Å². The number of fused-ring (bicyclic) bond motifs is 1. The molecule has 4 rings (SSSR count). The van der Waals surface area contributed by atoms with Crippen LogP contribution in [0, 0.1) is 0 Å². The number of aromatic nitrogens is 1. The number of aryl methyl sites for hydroxylation is 1. The summed E-state index contributed by atoms with van der Waals surface area (Å²) >= 11 is 7.16. The number of aliphatic imine (C=N–C) groups is 1. The summed E-state index contributed by atoms with van der Waals surface area (Å²) in [6.07, 6.45) is 4.46. The van der Waals surface area contributed by atoms with Crippen molar-refractivity contribution in [3.8, 4) is 11.6 Å². The highest BCUT2D eigenvalue weighted by molar-refractivity contribution is 7.10. The van der Waals surface area contributed by atoms with Crippen LogP contribution in [0.4, 0.5) is 5.69 Å². The molecule has 0 saturated heterocycles. The van der Waals surface area contributed by atoms with E-state index in [2.05, 4.69) is 18.0 Å². The van der Waals surface area contributed by atoms with E-state index in [9.17, 15) is 9.90 Å². The maximum Gasteiger partial charge on any atom is 0.315 e. The lowest BCUT2D eigenvalue weighted by atomic mass is 10.0. The molecule has 4 nitrogen and oxygen atoms in total. The summed E-state index contributed by atoms with van der Waals surface area (Å²) in [4.78, 5) is 17.1. The Labute approximate surface area is 159 Å². The minimum Gasteiger partial charge on any atom is -0.493 e. The van der Waals surface area contributed by atoms with Crippen molar-refractivity contribution in [1.82, 2.24) is 4.57 Å². The Balaban J connectivity index is 1.83. The van der Waals surface area contributed by atoms with Gasteiger partial charge in [-0.15, -0.1) is 0 Å². The Morgan fingerprint density at radius 3 is 2.81 bits per heavy atom. The zero-order valence-corrected chi connectivity index (χ0v) is 15.5. The number of hydrogen-bond donors (Lipinski definition) is 1. The molecule has 0 saturated carbocycles. The largest absolute Gasteiger partial charge is 0.493 e. The van der Waals surface area contributed by atoms with E-state index < -0.39 is 0 Å². The fourth-order valence-corrected chi connectivity index (χ4v) is 4.10. The molecule has 0 aliphatic carbocycles. The van der Waals surface area contributed by atoms with Gasteiger partial charge in [0.1, 0.15) is 0 Å². The van der Waals surface area contributed by atoms with Crippen molar-refractivity contribution in [2.24, 2.45) is 4.99 Å². The first kappa shape index (κ1) is 16.8. The van der Waals surface area contributed by atoms with Gasteiger partial charge < -0.3 is 5.11 Å². The molecule has 0 spiro atoms. The fourth-order valence-electron chi connectivity index (χ4n) is 3.04. The number of hydrogen-bond acceptors (Lipinski definition) is 4. The number of rotatable bonds is 3. The van der Waals surface area contributed by atoms with Crippen LogP contribution in [-0.4, -0.2) is 15.9 Å². The highest BCUT2D eigenvalue weighted by Crippen LogP contribution is 2.37. The van der Waals surface area contributed by atoms with Crippen LogP contribution in [0.25, 0.3) is 17.3 Å². The topological polar surface area (TPSA) is 54.6 Å². The van der Waals surface area contributed by atoms with Gasteiger partial charge in [0.15, 0.2) is 0 Å². The molecule has 0 fully saturated rings. The van der Waals surface area contributed by atoms with Crippen LogP contribution in [0.15, 0.2) is 52.3 Å². The van der Waals surface area contributed by atoms with Crippen molar-refractivity contribution >= 4 is 46.5 Å². The van der Waals surface area contributed by atoms with Gasteiger partial charge in [0.2, 0.25) is 5.88 Å². The van der Waals surface area contributed by atoms with E-state index in [0.717, 1.165) is 34.6 Å². The second kappa shape index (κ2) is 6.59. The average Bonchev–Trinajstić information content (AvgIpc) is 3.17. The lowest BCUT2D eigenvalue weighted by Crippen LogP contribution is -2.10. The second-order valence-corrected chi connectivity index (χ2v) is 7.27. The predicted molar refractivity (Wildman–Crippen MR) is 108 cm³/mol. The van der Waals surface area contributed by atoms with Gasteiger partial charge in [-0.25, -0.2) is 4.57 Å². The SMILES string of the molecule is CCc1cccc2c1N=CC2=Cc1sc(=O)n(-c2ccccc2Cl)c1O. The molecule has 26 heavy (non-hydrogen) atoms.